The lowest BCUT2D eigenvalue weighted by Gasteiger charge is -2.29. The predicted octanol–water partition coefficient (Wildman–Crippen LogP) is 8.12. The van der Waals surface area contributed by atoms with E-state index < -0.39 is 23.5 Å². The minimum Gasteiger partial charge on any atom is -0.342 e. The van der Waals surface area contributed by atoms with Crippen LogP contribution in [0.5, 0.6) is 0 Å². The van der Waals surface area contributed by atoms with Gasteiger partial charge in [0.15, 0.2) is 0 Å². The number of nitrogens with zero attached hydrogens (tertiary/aromatic N) is 4. The molecule has 2 aromatic carbocycles. The zero-order valence-electron chi connectivity index (χ0n) is 22.7. The number of likely N-dealkylation sites (tertiary alicyclic amines) is 1. The summed E-state index contributed by atoms with van der Waals surface area (Å²) in [4.78, 5) is 14.0. The number of piperidine rings is 1. The molecule has 5 rings (SSSR count). The fraction of sp³-hybridized carbons (Fsp3) is 0.393. The molecule has 2 aromatic heterocycles. The van der Waals surface area contributed by atoms with Crippen LogP contribution >= 0.6 is 12.6 Å². The molecule has 0 saturated carbocycles. The van der Waals surface area contributed by atoms with E-state index in [0.717, 1.165) is 42.9 Å². The molecule has 13 heteroatoms. The fourth-order valence-corrected chi connectivity index (χ4v) is 4.36. The van der Waals surface area contributed by atoms with Crippen molar-refractivity contribution in [2.45, 2.75) is 51.5 Å². The third-order valence-electron chi connectivity index (χ3n) is 6.37. The number of H-pyrrole nitrogens is 1. The molecule has 1 aliphatic rings. The minimum atomic E-state index is -4.46. The monoisotopic (exact) mass is 599 g/mol. The molecule has 1 N–H and O–H groups in total. The number of nitrogens with one attached hydrogen (secondary N) is 1. The summed E-state index contributed by atoms with van der Waals surface area (Å²) in [5.74, 6) is 1.35. The lowest BCUT2D eigenvalue weighted by atomic mass is 9.96. The highest BCUT2D eigenvalue weighted by molar-refractivity contribution is 7.79. The van der Waals surface area contributed by atoms with Gasteiger partial charge in [-0.25, -0.2) is 4.98 Å². The summed E-state index contributed by atoms with van der Waals surface area (Å²) in [6.07, 6.45) is -3.95. The maximum atomic E-state index is 13.0. The van der Waals surface area contributed by atoms with Crippen molar-refractivity contribution in [3.05, 3.63) is 77.6 Å². The molecule has 4 aromatic rings. The number of thiol groups is 1. The van der Waals surface area contributed by atoms with Gasteiger partial charge < -0.3 is 9.51 Å². The van der Waals surface area contributed by atoms with Crippen LogP contribution in [0.1, 0.15) is 55.4 Å². The Morgan fingerprint density at radius 3 is 2.15 bits per heavy atom. The molecule has 0 atom stereocenters. The number of hydrogen-bond donors (Lipinski definition) is 2. The average molecular weight is 600 g/mol. The first-order valence-electron chi connectivity index (χ1n) is 13.0. The molecule has 3 heterocycles. The predicted molar refractivity (Wildman–Crippen MR) is 147 cm³/mol. The van der Waals surface area contributed by atoms with Gasteiger partial charge in [0.2, 0.25) is 11.7 Å². The Labute approximate surface area is 239 Å². The minimum absolute atomic E-state index is 0.0994. The average Bonchev–Trinajstić information content (AvgIpc) is 3.66. The van der Waals surface area contributed by atoms with Crippen LogP contribution in [0, 0.1) is 0 Å². The summed E-state index contributed by atoms with van der Waals surface area (Å²) in [6, 6.07) is 9.70. The fourth-order valence-electron chi connectivity index (χ4n) is 4.36. The Morgan fingerprint density at radius 2 is 1.54 bits per heavy atom. The molecule has 0 spiro atoms. The van der Waals surface area contributed by atoms with Crippen molar-refractivity contribution >= 4 is 12.6 Å². The third-order valence-corrected chi connectivity index (χ3v) is 6.37. The number of alkyl halides is 6. The molecule has 0 amide bonds. The first-order valence-corrected chi connectivity index (χ1v) is 13.9. The van der Waals surface area contributed by atoms with Crippen molar-refractivity contribution in [2.75, 3.05) is 19.3 Å². The van der Waals surface area contributed by atoms with E-state index in [0.29, 0.717) is 36.8 Å². The molecule has 1 aliphatic heterocycles. The molecule has 1 fully saturated rings. The van der Waals surface area contributed by atoms with Gasteiger partial charge in [-0.05, 0) is 62.0 Å². The van der Waals surface area contributed by atoms with Crippen molar-refractivity contribution < 1.29 is 30.9 Å². The molecule has 222 valence electrons. The van der Waals surface area contributed by atoms with Gasteiger partial charge in [-0.3, -0.25) is 4.90 Å². The summed E-state index contributed by atoms with van der Waals surface area (Å²) >= 11 is 3.53. The zero-order valence-corrected chi connectivity index (χ0v) is 23.6. The Hall–Kier alpha value is -3.32. The van der Waals surface area contributed by atoms with Crippen molar-refractivity contribution in [2.24, 2.45) is 0 Å². The zero-order chi connectivity index (χ0) is 30.2. The maximum Gasteiger partial charge on any atom is 0.416 e. The van der Waals surface area contributed by atoms with Gasteiger partial charge in [0.05, 0.1) is 29.6 Å². The Balaban J connectivity index is 0.00000111. The molecular weight excluding hydrogens is 568 g/mol. The van der Waals surface area contributed by atoms with Gasteiger partial charge in [-0.1, -0.05) is 43.3 Å². The standard InChI is InChI=1S/C25H21F6N5O.C2H6.CH4S/c26-24(27,28)18-6-4-15(5-7-18)20-13-32-22(33-20)16-8-10-36(11-9-16)14-21-34-23(35-37-21)17-2-1-3-19(12-17)25(29,30)31;2*1-2/h1-7,12-13,16H,8-11,14H2,(H,32,33);1-2H3;2H,1H3. The number of hydrogen-bond acceptors (Lipinski definition) is 6. The van der Waals surface area contributed by atoms with E-state index in [1.54, 1.807) is 12.5 Å². The first-order chi connectivity index (χ1) is 19.6. The van der Waals surface area contributed by atoms with Crippen LogP contribution in [0.4, 0.5) is 26.3 Å². The van der Waals surface area contributed by atoms with Crippen molar-refractivity contribution in [1.29, 1.82) is 0 Å². The van der Waals surface area contributed by atoms with E-state index in [-0.39, 0.29) is 17.3 Å². The van der Waals surface area contributed by atoms with Gasteiger partial charge in [0, 0.05) is 11.5 Å². The van der Waals surface area contributed by atoms with Gasteiger partial charge in [-0.2, -0.15) is 44.0 Å². The van der Waals surface area contributed by atoms with E-state index in [4.69, 9.17) is 4.52 Å². The summed E-state index contributed by atoms with van der Waals surface area (Å²) in [5, 5.41) is 3.83. The Morgan fingerprint density at radius 1 is 0.902 bits per heavy atom. The molecule has 6 nitrogen and oxygen atoms in total. The first kappa shape index (κ1) is 32.2. The highest BCUT2D eigenvalue weighted by Crippen LogP contribution is 2.33. The molecule has 0 bridgehead atoms. The van der Waals surface area contributed by atoms with E-state index in [1.165, 1.54) is 24.3 Å². The molecule has 0 radical (unpaired) electrons. The number of halogens is 6. The number of aromatic nitrogens is 4. The van der Waals surface area contributed by atoms with Gasteiger partial charge in [-0.15, -0.1) is 0 Å². The molecule has 0 aliphatic carbocycles. The smallest absolute Gasteiger partial charge is 0.342 e. The largest absolute Gasteiger partial charge is 0.416 e. The van der Waals surface area contributed by atoms with Crippen LogP contribution in [0.3, 0.4) is 0 Å². The summed E-state index contributed by atoms with van der Waals surface area (Å²) in [7, 11) is 0. The summed E-state index contributed by atoms with van der Waals surface area (Å²) < 4.78 is 82.6. The Kier molecular flexibility index (Phi) is 11.0. The molecule has 0 unspecified atom stereocenters. The van der Waals surface area contributed by atoms with Gasteiger partial charge in [0.1, 0.15) is 5.82 Å². The van der Waals surface area contributed by atoms with Crippen molar-refractivity contribution in [3.8, 4) is 22.6 Å². The van der Waals surface area contributed by atoms with Crippen LogP contribution in [-0.2, 0) is 18.9 Å². The third kappa shape index (κ3) is 8.35. The second-order valence-electron chi connectivity index (χ2n) is 8.90. The normalized spacial score (nSPS) is 14.6. The van der Waals surface area contributed by atoms with E-state index in [2.05, 4.69) is 37.6 Å². The quantitative estimate of drug-likeness (QED) is 0.179. The molecule has 1 saturated heterocycles. The van der Waals surface area contributed by atoms with Crippen LogP contribution in [0.2, 0.25) is 0 Å². The van der Waals surface area contributed by atoms with Crippen LogP contribution < -0.4 is 0 Å². The number of rotatable bonds is 5. The second kappa shape index (κ2) is 14.0. The van der Waals surface area contributed by atoms with Crippen molar-refractivity contribution in [1.82, 2.24) is 25.0 Å². The Bertz CT molecular complexity index is 1360. The lowest BCUT2D eigenvalue weighted by Crippen LogP contribution is -2.32. The highest BCUT2D eigenvalue weighted by Gasteiger charge is 2.31. The van der Waals surface area contributed by atoms with Crippen LogP contribution in [0.25, 0.3) is 22.6 Å². The topological polar surface area (TPSA) is 70.8 Å². The SMILES string of the molecule is CC.CS.FC(F)(F)c1ccc(-c2cnc(C3CCN(Cc4nc(-c5cccc(C(F)(F)F)c5)no4)CC3)[nH]2)cc1. The second-order valence-corrected chi connectivity index (χ2v) is 8.90. The number of imidazole rings is 1. The van der Waals surface area contributed by atoms with Crippen LogP contribution in [-0.4, -0.2) is 44.4 Å². The summed E-state index contributed by atoms with van der Waals surface area (Å²) in [6.45, 7) is 5.79. The van der Waals surface area contributed by atoms with E-state index >= 15 is 0 Å². The summed E-state index contributed by atoms with van der Waals surface area (Å²) in [5.41, 5.74) is 0.0193. The van der Waals surface area contributed by atoms with E-state index in [9.17, 15) is 26.3 Å². The lowest BCUT2D eigenvalue weighted by molar-refractivity contribution is -0.138. The number of benzene rings is 2. The van der Waals surface area contributed by atoms with Gasteiger partial charge in [0.25, 0.3) is 0 Å². The molecular formula is C28H31F6N5OS. The maximum absolute atomic E-state index is 13.0. The van der Waals surface area contributed by atoms with E-state index in [1.807, 2.05) is 13.8 Å². The number of aromatic amines is 1. The van der Waals surface area contributed by atoms with Crippen LogP contribution in [0.15, 0.2) is 59.3 Å². The highest BCUT2D eigenvalue weighted by atomic mass is 32.1. The van der Waals surface area contributed by atoms with Gasteiger partial charge >= 0.3 is 12.4 Å². The molecule has 41 heavy (non-hydrogen) atoms. The van der Waals surface area contributed by atoms with Crippen molar-refractivity contribution in [3.63, 3.8) is 0 Å².